The number of aliphatic hydroxyl groups is 1. The molecule has 1 aliphatic rings. The van der Waals surface area contributed by atoms with E-state index in [2.05, 4.69) is 5.32 Å². The van der Waals surface area contributed by atoms with Crippen molar-refractivity contribution >= 4 is 10.1 Å². The largest absolute Gasteiger partial charge is 0.392 e. The maximum atomic E-state index is 11.0. The quantitative estimate of drug-likeness (QED) is 0.512. The molecule has 3 unspecified atom stereocenters. The fraction of sp³-hybridized carbons (Fsp3) is 1.00. The van der Waals surface area contributed by atoms with E-state index in [1.54, 1.807) is 0 Å². The van der Waals surface area contributed by atoms with E-state index in [0.717, 1.165) is 0 Å². The summed E-state index contributed by atoms with van der Waals surface area (Å²) in [5.74, 6) is 0. The van der Waals surface area contributed by atoms with Crippen molar-refractivity contribution in [1.82, 2.24) is 5.32 Å². The summed E-state index contributed by atoms with van der Waals surface area (Å²) >= 11 is 0. The van der Waals surface area contributed by atoms with Gasteiger partial charge in [0.15, 0.2) is 0 Å². The van der Waals surface area contributed by atoms with Gasteiger partial charge in [0, 0.05) is 6.54 Å². The second-order valence-corrected chi connectivity index (χ2v) is 4.93. The van der Waals surface area contributed by atoms with Crippen molar-refractivity contribution < 1.29 is 22.8 Å². The molecule has 0 aromatic rings. The van der Waals surface area contributed by atoms with Gasteiger partial charge in [-0.2, -0.15) is 8.42 Å². The Labute approximate surface area is 83.0 Å². The van der Waals surface area contributed by atoms with Crippen LogP contribution in [0.4, 0.5) is 0 Å². The normalized spacial score (nSPS) is 28.4. The first-order valence-corrected chi connectivity index (χ1v) is 5.88. The van der Waals surface area contributed by atoms with E-state index in [-0.39, 0.29) is 6.61 Å². The molecule has 0 aromatic heterocycles. The van der Waals surface area contributed by atoms with E-state index in [1.165, 1.54) is 6.92 Å². The fourth-order valence-electron chi connectivity index (χ4n) is 1.59. The number of morpholine rings is 1. The van der Waals surface area contributed by atoms with Gasteiger partial charge in [-0.15, -0.1) is 0 Å². The predicted octanol–water partition coefficient (Wildman–Crippen LogP) is -1.39. The number of rotatable bonds is 3. The predicted molar refractivity (Wildman–Crippen MR) is 49.6 cm³/mol. The summed E-state index contributed by atoms with van der Waals surface area (Å²) in [4.78, 5) is 0. The molecule has 0 radical (unpaired) electrons. The van der Waals surface area contributed by atoms with Crippen molar-refractivity contribution in [2.45, 2.75) is 24.3 Å². The molecule has 0 amide bonds. The molecule has 3 N–H and O–H groups in total. The first kappa shape index (κ1) is 11.9. The summed E-state index contributed by atoms with van der Waals surface area (Å²) in [6.45, 7) is 2.53. The Hall–Kier alpha value is -0.210. The monoisotopic (exact) mass is 225 g/mol. The molecule has 1 aliphatic heterocycles. The van der Waals surface area contributed by atoms with Crippen molar-refractivity contribution in [2.75, 3.05) is 19.8 Å². The molecule has 1 heterocycles. The van der Waals surface area contributed by atoms with Gasteiger partial charge in [-0.05, 0) is 6.92 Å². The lowest BCUT2D eigenvalue weighted by molar-refractivity contribution is 0.0562. The molecule has 14 heavy (non-hydrogen) atoms. The highest BCUT2D eigenvalue weighted by molar-refractivity contribution is 7.86. The maximum absolute atomic E-state index is 11.0. The Bertz CT molecular complexity index is 270. The molecule has 84 valence electrons. The molecular formula is C7H15NO5S. The standard InChI is InChI=1S/C7H15NO5S/c1-5(9)7(14(10,11)12)6-4-13-3-2-8-6/h5-9H,2-4H2,1H3,(H,10,11,12). The molecule has 0 aromatic carbocycles. The Kier molecular flexibility index (Phi) is 3.85. The van der Waals surface area contributed by atoms with Crippen LogP contribution in [-0.4, -0.2) is 55.2 Å². The summed E-state index contributed by atoms with van der Waals surface area (Å²) in [6, 6.07) is -0.557. The number of aliphatic hydroxyl groups excluding tert-OH is 1. The van der Waals surface area contributed by atoms with Gasteiger partial charge < -0.3 is 15.2 Å². The van der Waals surface area contributed by atoms with Gasteiger partial charge >= 0.3 is 0 Å². The third kappa shape index (κ3) is 2.89. The van der Waals surface area contributed by atoms with E-state index < -0.39 is 27.5 Å². The van der Waals surface area contributed by atoms with Gasteiger partial charge in [-0.3, -0.25) is 4.55 Å². The molecule has 0 bridgehead atoms. The molecule has 1 fully saturated rings. The smallest absolute Gasteiger partial charge is 0.271 e. The van der Waals surface area contributed by atoms with Gasteiger partial charge in [0.25, 0.3) is 10.1 Å². The van der Waals surface area contributed by atoms with Crippen molar-refractivity contribution in [2.24, 2.45) is 0 Å². The van der Waals surface area contributed by atoms with E-state index in [9.17, 15) is 13.5 Å². The number of nitrogens with one attached hydrogen (secondary N) is 1. The third-order valence-electron chi connectivity index (χ3n) is 2.17. The summed E-state index contributed by atoms with van der Waals surface area (Å²) in [5, 5.41) is 10.9. The lowest BCUT2D eigenvalue weighted by atomic mass is 10.1. The lowest BCUT2D eigenvalue weighted by Crippen LogP contribution is -2.55. The molecule has 1 saturated heterocycles. The van der Waals surface area contributed by atoms with Crippen LogP contribution in [0, 0.1) is 0 Å². The zero-order valence-corrected chi connectivity index (χ0v) is 8.70. The van der Waals surface area contributed by atoms with Crippen LogP contribution in [0.5, 0.6) is 0 Å². The highest BCUT2D eigenvalue weighted by Gasteiger charge is 2.37. The first-order chi connectivity index (χ1) is 6.43. The summed E-state index contributed by atoms with van der Waals surface area (Å²) in [7, 11) is -4.26. The van der Waals surface area contributed by atoms with Crippen molar-refractivity contribution in [3.05, 3.63) is 0 Å². The Morgan fingerprint density at radius 1 is 1.57 bits per heavy atom. The molecule has 0 spiro atoms. The second kappa shape index (κ2) is 4.54. The van der Waals surface area contributed by atoms with Crippen LogP contribution in [0.15, 0.2) is 0 Å². The van der Waals surface area contributed by atoms with Gasteiger partial charge in [-0.25, -0.2) is 0 Å². The molecule has 7 heteroatoms. The van der Waals surface area contributed by atoms with E-state index in [0.29, 0.717) is 13.2 Å². The molecular weight excluding hydrogens is 210 g/mol. The molecule has 1 rings (SSSR count). The van der Waals surface area contributed by atoms with Gasteiger partial charge in [-0.1, -0.05) is 0 Å². The van der Waals surface area contributed by atoms with E-state index in [4.69, 9.17) is 9.29 Å². The summed E-state index contributed by atoms with van der Waals surface area (Å²) in [5.41, 5.74) is 0. The molecule has 3 atom stereocenters. The Morgan fingerprint density at radius 3 is 2.57 bits per heavy atom. The third-order valence-corrected chi connectivity index (χ3v) is 3.58. The van der Waals surface area contributed by atoms with Crippen molar-refractivity contribution in [1.29, 1.82) is 0 Å². The summed E-state index contributed by atoms with van der Waals surface area (Å²) in [6.07, 6.45) is -1.14. The Balaban J connectivity index is 2.76. The minimum atomic E-state index is -4.26. The number of hydrogen-bond donors (Lipinski definition) is 3. The van der Waals surface area contributed by atoms with Gasteiger partial charge in [0.2, 0.25) is 0 Å². The van der Waals surface area contributed by atoms with Crippen LogP contribution in [0.1, 0.15) is 6.92 Å². The minimum absolute atomic E-state index is 0.176. The zero-order chi connectivity index (χ0) is 10.8. The van der Waals surface area contributed by atoms with E-state index >= 15 is 0 Å². The SMILES string of the molecule is CC(O)C(C1COCCN1)S(=O)(=O)O. The molecule has 6 nitrogen and oxygen atoms in total. The number of hydrogen-bond acceptors (Lipinski definition) is 5. The van der Waals surface area contributed by atoms with Gasteiger partial charge in [0.1, 0.15) is 5.25 Å². The average Bonchev–Trinajstić information content (AvgIpc) is 2.02. The highest BCUT2D eigenvalue weighted by atomic mass is 32.2. The second-order valence-electron chi connectivity index (χ2n) is 3.36. The van der Waals surface area contributed by atoms with Gasteiger partial charge in [0.05, 0.1) is 25.4 Å². The zero-order valence-electron chi connectivity index (χ0n) is 7.88. The van der Waals surface area contributed by atoms with Crippen molar-refractivity contribution in [3.63, 3.8) is 0 Å². The van der Waals surface area contributed by atoms with Crippen LogP contribution in [0.3, 0.4) is 0 Å². The summed E-state index contributed by atoms with van der Waals surface area (Å²) < 4.78 is 35.9. The van der Waals surface area contributed by atoms with Crippen LogP contribution in [0.2, 0.25) is 0 Å². The lowest BCUT2D eigenvalue weighted by Gasteiger charge is -2.30. The average molecular weight is 225 g/mol. The van der Waals surface area contributed by atoms with Crippen molar-refractivity contribution in [3.8, 4) is 0 Å². The fourth-order valence-corrected chi connectivity index (χ4v) is 2.68. The van der Waals surface area contributed by atoms with E-state index in [1.807, 2.05) is 0 Å². The van der Waals surface area contributed by atoms with Crippen LogP contribution >= 0.6 is 0 Å². The number of ether oxygens (including phenoxy) is 1. The Morgan fingerprint density at radius 2 is 2.21 bits per heavy atom. The molecule has 0 aliphatic carbocycles. The topological polar surface area (TPSA) is 95.9 Å². The maximum Gasteiger partial charge on any atom is 0.271 e. The first-order valence-electron chi connectivity index (χ1n) is 4.38. The minimum Gasteiger partial charge on any atom is -0.392 e. The molecule has 0 saturated carbocycles. The highest BCUT2D eigenvalue weighted by Crippen LogP contribution is 2.12. The van der Waals surface area contributed by atoms with Crippen LogP contribution in [-0.2, 0) is 14.9 Å². The van der Waals surface area contributed by atoms with Crippen LogP contribution < -0.4 is 5.32 Å². The van der Waals surface area contributed by atoms with Crippen LogP contribution in [0.25, 0.3) is 0 Å².